The summed E-state index contributed by atoms with van der Waals surface area (Å²) < 4.78 is 11.0. The molecule has 31 heavy (non-hydrogen) atoms. The average molecular weight is 479 g/mol. The van der Waals surface area contributed by atoms with Gasteiger partial charge in [0.1, 0.15) is 15.1 Å². The standard InChI is InChI=1S/C21H22N2O5S3/c1-2-27-20(26)17-13-7-3-4-8-14(13)30-18(17)22-16(24)10-15-19(25)23(21(29)31-15)11-12-6-5-9-28-12/h5-6,9,15H,2-4,7-8,10-11H2,1H3,(H,22,24)/t15-/m1/s1. The van der Waals surface area contributed by atoms with Crippen molar-refractivity contribution in [1.29, 1.82) is 0 Å². The number of furan rings is 1. The Bertz CT molecular complexity index is 1010. The average Bonchev–Trinajstić information content (AvgIpc) is 3.43. The third kappa shape index (κ3) is 4.70. The van der Waals surface area contributed by atoms with Crippen molar-refractivity contribution in [3.63, 3.8) is 0 Å². The van der Waals surface area contributed by atoms with E-state index in [9.17, 15) is 14.4 Å². The molecular weight excluding hydrogens is 456 g/mol. The van der Waals surface area contributed by atoms with Crippen molar-refractivity contribution in [2.24, 2.45) is 0 Å². The number of anilines is 1. The molecule has 0 radical (unpaired) electrons. The fourth-order valence-electron chi connectivity index (χ4n) is 3.75. The number of thioether (sulfide) groups is 1. The van der Waals surface area contributed by atoms with Gasteiger partial charge in [0.2, 0.25) is 11.8 Å². The van der Waals surface area contributed by atoms with Crippen LogP contribution in [0.5, 0.6) is 0 Å². The van der Waals surface area contributed by atoms with Crippen LogP contribution < -0.4 is 5.32 Å². The van der Waals surface area contributed by atoms with Gasteiger partial charge < -0.3 is 14.5 Å². The fourth-order valence-corrected chi connectivity index (χ4v) is 6.53. The zero-order valence-electron chi connectivity index (χ0n) is 17.0. The molecule has 2 amide bonds. The van der Waals surface area contributed by atoms with E-state index in [-0.39, 0.29) is 31.4 Å². The number of fused-ring (bicyclic) bond motifs is 1. The van der Waals surface area contributed by atoms with Crippen LogP contribution in [0.4, 0.5) is 5.00 Å². The molecule has 2 aromatic rings. The molecule has 0 saturated carbocycles. The predicted molar refractivity (Wildman–Crippen MR) is 123 cm³/mol. The Hall–Kier alpha value is -2.17. The van der Waals surface area contributed by atoms with Gasteiger partial charge >= 0.3 is 5.97 Å². The highest BCUT2D eigenvalue weighted by atomic mass is 32.2. The smallest absolute Gasteiger partial charge is 0.341 e. The second-order valence-electron chi connectivity index (χ2n) is 7.26. The third-order valence-electron chi connectivity index (χ3n) is 5.17. The number of hydrogen-bond donors (Lipinski definition) is 1. The number of nitrogens with zero attached hydrogens (tertiary/aromatic N) is 1. The molecule has 164 valence electrons. The number of carbonyl (C=O) groups is 3. The lowest BCUT2D eigenvalue weighted by atomic mass is 9.95. The minimum atomic E-state index is -0.594. The van der Waals surface area contributed by atoms with E-state index in [0.29, 0.717) is 20.6 Å². The number of thiocarbonyl (C=S) groups is 1. The molecule has 2 aliphatic rings. The highest BCUT2D eigenvalue weighted by molar-refractivity contribution is 8.24. The van der Waals surface area contributed by atoms with E-state index in [4.69, 9.17) is 21.4 Å². The topological polar surface area (TPSA) is 88.8 Å². The second-order valence-corrected chi connectivity index (χ2v) is 10.2. The van der Waals surface area contributed by atoms with Gasteiger partial charge in [0, 0.05) is 11.3 Å². The number of aryl methyl sites for hydroxylation is 1. The molecule has 4 rings (SSSR count). The molecule has 0 spiro atoms. The van der Waals surface area contributed by atoms with E-state index in [1.807, 2.05) is 0 Å². The van der Waals surface area contributed by atoms with Crippen molar-refractivity contribution in [3.8, 4) is 0 Å². The van der Waals surface area contributed by atoms with Gasteiger partial charge in [0.05, 0.1) is 30.2 Å². The van der Waals surface area contributed by atoms with Crippen molar-refractivity contribution >= 4 is 62.4 Å². The number of thiophene rings is 1. The summed E-state index contributed by atoms with van der Waals surface area (Å²) in [5, 5.41) is 2.78. The van der Waals surface area contributed by atoms with Crippen LogP contribution in [0.3, 0.4) is 0 Å². The van der Waals surface area contributed by atoms with Crippen molar-refractivity contribution in [2.75, 3.05) is 11.9 Å². The number of rotatable bonds is 7. The minimum Gasteiger partial charge on any atom is -0.467 e. The predicted octanol–water partition coefficient (Wildman–Crippen LogP) is 4.15. The van der Waals surface area contributed by atoms with Crippen LogP contribution in [0, 0.1) is 0 Å². The SMILES string of the molecule is CCOC(=O)c1c(NC(=O)C[C@H]2SC(=S)N(Cc3ccco3)C2=O)sc2c1CCCC2. The molecule has 3 heterocycles. The summed E-state index contributed by atoms with van der Waals surface area (Å²) in [6, 6.07) is 3.52. The Balaban J connectivity index is 1.45. The number of esters is 1. The third-order valence-corrected chi connectivity index (χ3v) is 7.96. The Labute approximate surface area is 193 Å². The fraction of sp³-hybridized carbons (Fsp3) is 0.429. The van der Waals surface area contributed by atoms with Crippen LogP contribution in [0.2, 0.25) is 0 Å². The lowest BCUT2D eigenvalue weighted by Gasteiger charge is -2.14. The van der Waals surface area contributed by atoms with Crippen molar-refractivity contribution in [1.82, 2.24) is 4.90 Å². The number of nitrogens with one attached hydrogen (secondary N) is 1. The summed E-state index contributed by atoms with van der Waals surface area (Å²) >= 11 is 7.97. The van der Waals surface area contributed by atoms with Crippen molar-refractivity contribution in [3.05, 3.63) is 40.2 Å². The Morgan fingerprint density at radius 3 is 2.90 bits per heavy atom. The van der Waals surface area contributed by atoms with E-state index >= 15 is 0 Å². The molecule has 1 atom stereocenters. The molecule has 10 heteroatoms. The van der Waals surface area contributed by atoms with Gasteiger partial charge in [-0.25, -0.2) is 4.79 Å². The molecule has 2 aromatic heterocycles. The van der Waals surface area contributed by atoms with Gasteiger partial charge in [0.25, 0.3) is 0 Å². The molecule has 1 aliphatic carbocycles. The number of ether oxygens (including phenoxy) is 1. The highest BCUT2D eigenvalue weighted by Gasteiger charge is 2.39. The largest absolute Gasteiger partial charge is 0.467 e. The summed E-state index contributed by atoms with van der Waals surface area (Å²) in [5.41, 5.74) is 1.46. The number of carbonyl (C=O) groups excluding carboxylic acids is 3. The summed E-state index contributed by atoms with van der Waals surface area (Å²) in [7, 11) is 0. The van der Waals surface area contributed by atoms with Crippen LogP contribution in [0.1, 0.15) is 52.7 Å². The Kier molecular flexibility index (Phi) is 6.78. The summed E-state index contributed by atoms with van der Waals surface area (Å²) in [6.07, 6.45) is 5.30. The van der Waals surface area contributed by atoms with Gasteiger partial charge in [-0.15, -0.1) is 11.3 Å². The van der Waals surface area contributed by atoms with E-state index in [2.05, 4.69) is 5.32 Å². The lowest BCUT2D eigenvalue weighted by Crippen LogP contribution is -2.32. The zero-order valence-corrected chi connectivity index (χ0v) is 19.4. The molecule has 0 unspecified atom stereocenters. The first kappa shape index (κ1) is 22.0. The molecule has 0 aromatic carbocycles. The molecule has 7 nitrogen and oxygen atoms in total. The highest BCUT2D eigenvalue weighted by Crippen LogP contribution is 2.39. The van der Waals surface area contributed by atoms with E-state index in [1.165, 1.54) is 28.0 Å². The van der Waals surface area contributed by atoms with Gasteiger partial charge in [0.15, 0.2) is 0 Å². The maximum Gasteiger partial charge on any atom is 0.341 e. The van der Waals surface area contributed by atoms with E-state index < -0.39 is 11.2 Å². The maximum atomic E-state index is 12.8. The van der Waals surface area contributed by atoms with Crippen LogP contribution in [-0.2, 0) is 33.7 Å². The van der Waals surface area contributed by atoms with Crippen LogP contribution in [0.25, 0.3) is 0 Å². The van der Waals surface area contributed by atoms with Crippen LogP contribution >= 0.6 is 35.3 Å². The molecule has 1 saturated heterocycles. The Morgan fingerprint density at radius 1 is 1.35 bits per heavy atom. The monoisotopic (exact) mass is 478 g/mol. The normalized spacial score (nSPS) is 18.2. The first-order chi connectivity index (χ1) is 15.0. The van der Waals surface area contributed by atoms with E-state index in [0.717, 1.165) is 36.1 Å². The van der Waals surface area contributed by atoms with Gasteiger partial charge in [-0.3, -0.25) is 14.5 Å². The zero-order chi connectivity index (χ0) is 22.0. The van der Waals surface area contributed by atoms with E-state index in [1.54, 1.807) is 25.3 Å². The minimum absolute atomic E-state index is 0.0247. The summed E-state index contributed by atoms with van der Waals surface area (Å²) in [5.74, 6) is -0.311. The Morgan fingerprint density at radius 2 is 2.16 bits per heavy atom. The molecule has 1 aliphatic heterocycles. The maximum absolute atomic E-state index is 12.8. The van der Waals surface area contributed by atoms with Crippen molar-refractivity contribution < 1.29 is 23.5 Å². The molecular formula is C21H22N2O5S3. The van der Waals surface area contributed by atoms with Gasteiger partial charge in [-0.2, -0.15) is 0 Å². The molecule has 1 N–H and O–H groups in total. The van der Waals surface area contributed by atoms with Crippen LogP contribution in [0.15, 0.2) is 22.8 Å². The summed E-state index contributed by atoms with van der Waals surface area (Å²) in [4.78, 5) is 40.7. The van der Waals surface area contributed by atoms with Gasteiger partial charge in [-0.1, -0.05) is 24.0 Å². The summed E-state index contributed by atoms with van der Waals surface area (Å²) in [6.45, 7) is 2.28. The van der Waals surface area contributed by atoms with Crippen LogP contribution in [-0.4, -0.2) is 38.9 Å². The second kappa shape index (κ2) is 9.54. The molecule has 0 bridgehead atoms. The number of amides is 2. The first-order valence-corrected chi connectivity index (χ1v) is 12.2. The quantitative estimate of drug-likeness (QED) is 0.472. The van der Waals surface area contributed by atoms with Crippen molar-refractivity contribution in [2.45, 2.75) is 50.8 Å². The van der Waals surface area contributed by atoms with Gasteiger partial charge in [-0.05, 0) is 50.3 Å². The molecule has 1 fully saturated rings. The first-order valence-electron chi connectivity index (χ1n) is 10.1. The number of hydrogen-bond acceptors (Lipinski definition) is 8. The lowest BCUT2D eigenvalue weighted by molar-refractivity contribution is -0.128.